The second-order valence-corrected chi connectivity index (χ2v) is 5.06. The van der Waals surface area contributed by atoms with Crippen molar-refractivity contribution in [2.45, 2.75) is 25.4 Å². The molecule has 3 nitrogen and oxygen atoms in total. The van der Waals surface area contributed by atoms with Crippen molar-refractivity contribution in [1.82, 2.24) is 0 Å². The first-order valence-corrected chi connectivity index (χ1v) is 6.42. The Morgan fingerprint density at radius 2 is 1.68 bits per heavy atom. The maximum absolute atomic E-state index is 9.54. The van der Waals surface area contributed by atoms with Gasteiger partial charge in [-0.05, 0) is 48.2 Å². The van der Waals surface area contributed by atoms with E-state index in [1.165, 1.54) is 0 Å². The lowest BCUT2D eigenvalue weighted by Crippen LogP contribution is -2.17. The molecular weight excluding hydrogens is 240 g/mol. The van der Waals surface area contributed by atoms with Crippen LogP contribution in [0.4, 0.5) is 0 Å². The molecule has 2 aromatic rings. The molecule has 0 aliphatic carbocycles. The van der Waals surface area contributed by atoms with Crippen molar-refractivity contribution in [3.8, 4) is 17.2 Å². The summed E-state index contributed by atoms with van der Waals surface area (Å²) in [6.45, 7) is 2.13. The molecule has 0 amide bonds. The molecule has 0 spiro atoms. The van der Waals surface area contributed by atoms with E-state index in [0.717, 1.165) is 23.3 Å². The average molecular weight is 256 g/mol. The normalized spacial score (nSPS) is 21.5. The highest BCUT2D eigenvalue weighted by atomic mass is 16.5. The summed E-state index contributed by atoms with van der Waals surface area (Å²) in [6, 6.07) is 12.4. The molecule has 1 aliphatic rings. The van der Waals surface area contributed by atoms with E-state index in [-0.39, 0.29) is 17.6 Å². The highest BCUT2D eigenvalue weighted by molar-refractivity contribution is 5.44. The van der Waals surface area contributed by atoms with Crippen LogP contribution in [-0.4, -0.2) is 10.2 Å². The molecule has 0 saturated carbocycles. The van der Waals surface area contributed by atoms with Crippen molar-refractivity contribution in [2.24, 2.45) is 0 Å². The molecule has 19 heavy (non-hydrogen) atoms. The fourth-order valence-electron chi connectivity index (χ4n) is 2.57. The third-order valence-electron chi connectivity index (χ3n) is 3.63. The fourth-order valence-corrected chi connectivity index (χ4v) is 2.57. The quantitative estimate of drug-likeness (QED) is 0.817. The van der Waals surface area contributed by atoms with Gasteiger partial charge in [-0.15, -0.1) is 0 Å². The number of benzene rings is 2. The Morgan fingerprint density at radius 3 is 2.42 bits per heavy atom. The predicted octanol–water partition coefficient (Wildman–Crippen LogP) is 3.73. The largest absolute Gasteiger partial charge is 0.508 e. The van der Waals surface area contributed by atoms with Crippen molar-refractivity contribution >= 4 is 0 Å². The van der Waals surface area contributed by atoms with E-state index in [9.17, 15) is 10.2 Å². The maximum atomic E-state index is 9.54. The van der Waals surface area contributed by atoms with Crippen molar-refractivity contribution in [2.75, 3.05) is 0 Å². The smallest absolute Gasteiger partial charge is 0.124 e. The van der Waals surface area contributed by atoms with E-state index in [4.69, 9.17) is 4.74 Å². The Bertz CT molecular complexity index is 589. The van der Waals surface area contributed by atoms with Crippen LogP contribution in [0.1, 0.15) is 36.5 Å². The summed E-state index contributed by atoms with van der Waals surface area (Å²) in [7, 11) is 0. The van der Waals surface area contributed by atoms with Gasteiger partial charge in [-0.25, -0.2) is 0 Å². The molecule has 1 aliphatic heterocycles. The lowest BCUT2D eigenvalue weighted by molar-refractivity contribution is 0.163. The number of aromatic hydroxyl groups is 2. The molecule has 0 saturated heterocycles. The molecule has 2 aromatic carbocycles. The van der Waals surface area contributed by atoms with Gasteiger partial charge in [0, 0.05) is 5.56 Å². The highest BCUT2D eigenvalue weighted by Crippen LogP contribution is 2.43. The van der Waals surface area contributed by atoms with Crippen molar-refractivity contribution in [1.29, 1.82) is 0 Å². The Labute approximate surface area is 112 Å². The standard InChI is InChI=1S/C16H16O3/c1-10-8-16(11-2-4-12(17)5-3-11)19-15-7-6-13(18)9-14(10)15/h2-7,9-10,16-18H,8H2,1H3/t10-,16-/m0/s1. The van der Waals surface area contributed by atoms with Crippen LogP contribution in [0.3, 0.4) is 0 Å². The van der Waals surface area contributed by atoms with E-state index in [1.807, 2.05) is 18.2 Å². The molecule has 0 radical (unpaired) electrons. The Balaban J connectivity index is 1.92. The third kappa shape index (κ3) is 2.24. The molecule has 0 aromatic heterocycles. The van der Waals surface area contributed by atoms with Crippen molar-refractivity contribution in [3.05, 3.63) is 53.6 Å². The van der Waals surface area contributed by atoms with E-state index in [1.54, 1.807) is 24.3 Å². The first-order valence-electron chi connectivity index (χ1n) is 6.42. The summed E-state index contributed by atoms with van der Waals surface area (Å²) < 4.78 is 5.99. The molecule has 3 heteroatoms. The average Bonchev–Trinajstić information content (AvgIpc) is 2.40. The van der Waals surface area contributed by atoms with Gasteiger partial charge < -0.3 is 14.9 Å². The number of phenols is 2. The monoisotopic (exact) mass is 256 g/mol. The van der Waals surface area contributed by atoms with Gasteiger partial charge >= 0.3 is 0 Å². The van der Waals surface area contributed by atoms with Crippen LogP contribution in [-0.2, 0) is 0 Å². The van der Waals surface area contributed by atoms with Crippen LogP contribution in [0.25, 0.3) is 0 Å². The maximum Gasteiger partial charge on any atom is 0.124 e. The minimum absolute atomic E-state index is 0.00681. The SMILES string of the molecule is C[C@H]1C[C@@H](c2ccc(O)cc2)Oc2ccc(O)cc21. The first-order chi connectivity index (χ1) is 9.13. The van der Waals surface area contributed by atoms with Gasteiger partial charge in [0.05, 0.1) is 0 Å². The van der Waals surface area contributed by atoms with Gasteiger partial charge in [-0.1, -0.05) is 19.1 Å². The van der Waals surface area contributed by atoms with Gasteiger partial charge in [-0.2, -0.15) is 0 Å². The predicted molar refractivity (Wildman–Crippen MR) is 72.6 cm³/mol. The zero-order valence-corrected chi connectivity index (χ0v) is 10.7. The summed E-state index contributed by atoms with van der Waals surface area (Å²) in [5.74, 6) is 1.69. The van der Waals surface area contributed by atoms with E-state index < -0.39 is 0 Å². The van der Waals surface area contributed by atoms with Crippen LogP contribution in [0.2, 0.25) is 0 Å². The molecule has 3 rings (SSSR count). The topological polar surface area (TPSA) is 49.7 Å². The molecule has 0 fully saturated rings. The minimum Gasteiger partial charge on any atom is -0.508 e. The Hall–Kier alpha value is -2.16. The zero-order chi connectivity index (χ0) is 13.4. The summed E-state index contributed by atoms with van der Waals surface area (Å²) in [5, 5.41) is 18.9. The van der Waals surface area contributed by atoms with Crippen LogP contribution >= 0.6 is 0 Å². The van der Waals surface area contributed by atoms with Gasteiger partial charge in [0.25, 0.3) is 0 Å². The number of phenolic OH excluding ortho intramolecular Hbond substituents is 2. The summed E-state index contributed by atoms with van der Waals surface area (Å²) >= 11 is 0. The zero-order valence-electron chi connectivity index (χ0n) is 10.7. The fraction of sp³-hybridized carbons (Fsp3) is 0.250. The molecule has 0 bridgehead atoms. The first kappa shape index (κ1) is 11.9. The number of ether oxygens (including phenoxy) is 1. The van der Waals surface area contributed by atoms with Gasteiger partial charge in [0.15, 0.2) is 0 Å². The molecular formula is C16H16O3. The van der Waals surface area contributed by atoms with Crippen LogP contribution in [0.15, 0.2) is 42.5 Å². The summed E-state index contributed by atoms with van der Waals surface area (Å²) in [4.78, 5) is 0. The number of hydrogen-bond acceptors (Lipinski definition) is 3. The van der Waals surface area contributed by atoms with E-state index in [0.29, 0.717) is 5.92 Å². The van der Waals surface area contributed by atoms with Crippen LogP contribution < -0.4 is 4.74 Å². The minimum atomic E-state index is -0.00681. The number of fused-ring (bicyclic) bond motifs is 1. The second-order valence-electron chi connectivity index (χ2n) is 5.06. The lowest BCUT2D eigenvalue weighted by Gasteiger charge is -2.30. The molecule has 2 N–H and O–H groups in total. The number of rotatable bonds is 1. The summed E-state index contributed by atoms with van der Waals surface area (Å²) in [5.41, 5.74) is 2.11. The van der Waals surface area contributed by atoms with Crippen molar-refractivity contribution < 1.29 is 14.9 Å². The Kier molecular flexibility index (Phi) is 2.82. The highest BCUT2D eigenvalue weighted by Gasteiger charge is 2.26. The second kappa shape index (κ2) is 4.50. The third-order valence-corrected chi connectivity index (χ3v) is 3.63. The molecule has 98 valence electrons. The number of hydrogen-bond donors (Lipinski definition) is 2. The molecule has 0 unspecified atom stereocenters. The van der Waals surface area contributed by atoms with Crippen molar-refractivity contribution in [3.63, 3.8) is 0 Å². The summed E-state index contributed by atoms with van der Waals surface area (Å²) in [6.07, 6.45) is 0.856. The van der Waals surface area contributed by atoms with E-state index in [2.05, 4.69) is 6.92 Å². The van der Waals surface area contributed by atoms with Gasteiger partial charge in [0.1, 0.15) is 23.4 Å². The van der Waals surface area contributed by atoms with Crippen LogP contribution in [0, 0.1) is 0 Å². The Morgan fingerprint density at radius 1 is 1.00 bits per heavy atom. The lowest BCUT2D eigenvalue weighted by atomic mass is 9.89. The van der Waals surface area contributed by atoms with Crippen LogP contribution in [0.5, 0.6) is 17.2 Å². The van der Waals surface area contributed by atoms with E-state index >= 15 is 0 Å². The van der Waals surface area contributed by atoms with Gasteiger partial charge in [0.2, 0.25) is 0 Å². The van der Waals surface area contributed by atoms with Gasteiger partial charge in [-0.3, -0.25) is 0 Å². The molecule has 2 atom stereocenters. The molecule has 1 heterocycles.